The topological polar surface area (TPSA) is 80.1 Å². The molecular weight excluding hydrogens is 384 g/mol. The van der Waals surface area contributed by atoms with Gasteiger partial charge in [0.1, 0.15) is 17.8 Å². The summed E-state index contributed by atoms with van der Waals surface area (Å²) in [6.45, 7) is 9.18. The average molecular weight is 417 g/mol. The molecule has 2 aromatic rings. The minimum absolute atomic E-state index is 0.121. The van der Waals surface area contributed by atoms with E-state index in [9.17, 15) is 4.79 Å². The molecule has 1 saturated heterocycles. The van der Waals surface area contributed by atoms with E-state index < -0.39 is 0 Å². The number of amides is 1. The lowest BCUT2D eigenvalue weighted by molar-refractivity contribution is 0.0934. The van der Waals surface area contributed by atoms with E-state index in [4.69, 9.17) is 13.9 Å². The van der Waals surface area contributed by atoms with Crippen LogP contribution < -0.4 is 14.8 Å². The highest BCUT2D eigenvalue weighted by Crippen LogP contribution is 2.24. The molecule has 0 saturated carbocycles. The molecule has 1 aromatic heterocycles. The molecule has 1 amide bonds. The average Bonchev–Trinajstić information content (AvgIpc) is 3.23. The van der Waals surface area contributed by atoms with Crippen molar-refractivity contribution in [1.82, 2.24) is 20.1 Å². The summed E-state index contributed by atoms with van der Waals surface area (Å²) in [6, 6.07) is 6.10. The quantitative estimate of drug-likeness (QED) is 0.673. The molecule has 1 atom stereocenters. The first-order chi connectivity index (χ1) is 14.5. The van der Waals surface area contributed by atoms with Gasteiger partial charge < -0.3 is 19.2 Å². The van der Waals surface area contributed by atoms with Gasteiger partial charge in [-0.3, -0.25) is 14.6 Å². The van der Waals surface area contributed by atoms with Crippen molar-refractivity contribution in [2.75, 3.05) is 40.4 Å². The summed E-state index contributed by atoms with van der Waals surface area (Å²) in [6.07, 6.45) is 2.32. The second-order valence-electron chi connectivity index (χ2n) is 7.68. The van der Waals surface area contributed by atoms with Crippen LogP contribution in [-0.2, 0) is 13.1 Å². The lowest BCUT2D eigenvalue weighted by Crippen LogP contribution is -2.45. The highest BCUT2D eigenvalue weighted by atomic mass is 16.5. The zero-order valence-electron chi connectivity index (χ0n) is 18.3. The molecule has 164 valence electrons. The number of aromatic nitrogens is 1. The molecular formula is C22H32N4O4. The first-order valence-corrected chi connectivity index (χ1v) is 10.4. The van der Waals surface area contributed by atoms with Crippen molar-refractivity contribution in [2.24, 2.45) is 0 Å². The Bertz CT molecular complexity index is 808. The van der Waals surface area contributed by atoms with Crippen molar-refractivity contribution in [3.05, 3.63) is 41.6 Å². The summed E-state index contributed by atoms with van der Waals surface area (Å²) in [5, 5.41) is 2.91. The van der Waals surface area contributed by atoms with E-state index in [1.54, 1.807) is 14.2 Å². The highest BCUT2D eigenvalue weighted by Gasteiger charge is 2.20. The van der Waals surface area contributed by atoms with Crippen LogP contribution in [0.25, 0.3) is 0 Å². The maximum absolute atomic E-state index is 12.2. The number of methoxy groups -OCH3 is 2. The second kappa shape index (κ2) is 10.4. The number of hydrogen-bond donors (Lipinski definition) is 1. The van der Waals surface area contributed by atoms with Gasteiger partial charge in [0.2, 0.25) is 5.89 Å². The monoisotopic (exact) mass is 416 g/mol. The Hall–Kier alpha value is -2.58. The standard InChI is InChI=1S/C22H32N4O4/c1-5-16(2)23-22(27)20-15-30-21(24-20)14-26-8-6-25(7-9-26)13-17-10-18(28-3)12-19(11-17)29-4/h10-12,15-16H,5-9,13-14H2,1-4H3,(H,23,27). The van der Waals surface area contributed by atoms with Crippen molar-refractivity contribution in [3.63, 3.8) is 0 Å². The zero-order chi connectivity index (χ0) is 21.5. The van der Waals surface area contributed by atoms with Crippen LogP contribution in [0.1, 0.15) is 42.2 Å². The summed E-state index contributed by atoms with van der Waals surface area (Å²) in [5.41, 5.74) is 1.51. The number of nitrogens with zero attached hydrogens (tertiary/aromatic N) is 3. The fraction of sp³-hybridized carbons (Fsp3) is 0.545. The van der Waals surface area contributed by atoms with Crippen LogP contribution in [-0.4, -0.2) is 67.1 Å². The summed E-state index contributed by atoms with van der Waals surface area (Å²) in [7, 11) is 3.33. The van der Waals surface area contributed by atoms with Gasteiger partial charge >= 0.3 is 0 Å². The third-order valence-corrected chi connectivity index (χ3v) is 5.42. The molecule has 0 spiro atoms. The van der Waals surface area contributed by atoms with Crippen LogP contribution in [0.5, 0.6) is 11.5 Å². The molecule has 0 bridgehead atoms. The zero-order valence-corrected chi connectivity index (χ0v) is 18.3. The summed E-state index contributed by atoms with van der Waals surface area (Å²) in [4.78, 5) is 21.2. The van der Waals surface area contributed by atoms with E-state index in [1.165, 1.54) is 11.8 Å². The van der Waals surface area contributed by atoms with Gasteiger partial charge in [-0.15, -0.1) is 0 Å². The molecule has 30 heavy (non-hydrogen) atoms. The molecule has 0 radical (unpaired) electrons. The van der Waals surface area contributed by atoms with Crippen LogP contribution in [0.2, 0.25) is 0 Å². The van der Waals surface area contributed by atoms with Gasteiger partial charge in [-0.2, -0.15) is 0 Å². The predicted molar refractivity (Wildman–Crippen MR) is 114 cm³/mol. The second-order valence-corrected chi connectivity index (χ2v) is 7.68. The van der Waals surface area contributed by atoms with E-state index in [1.807, 2.05) is 32.0 Å². The molecule has 0 aliphatic carbocycles. The van der Waals surface area contributed by atoms with Crippen molar-refractivity contribution < 1.29 is 18.7 Å². The number of benzene rings is 1. The van der Waals surface area contributed by atoms with Crippen LogP contribution in [0, 0.1) is 0 Å². The van der Waals surface area contributed by atoms with Crippen LogP contribution in [0.15, 0.2) is 28.9 Å². The lowest BCUT2D eigenvalue weighted by Gasteiger charge is -2.34. The van der Waals surface area contributed by atoms with Gasteiger partial charge in [-0.05, 0) is 31.0 Å². The Morgan fingerprint density at radius 2 is 1.70 bits per heavy atom. The molecule has 3 rings (SSSR count). The summed E-state index contributed by atoms with van der Waals surface area (Å²) >= 11 is 0. The van der Waals surface area contributed by atoms with E-state index in [2.05, 4.69) is 20.1 Å². The van der Waals surface area contributed by atoms with E-state index in [0.717, 1.165) is 50.6 Å². The molecule has 1 aliphatic rings. The van der Waals surface area contributed by atoms with Crippen molar-refractivity contribution in [3.8, 4) is 11.5 Å². The highest BCUT2D eigenvalue weighted by molar-refractivity contribution is 5.92. The Balaban J connectivity index is 1.49. The fourth-order valence-corrected chi connectivity index (χ4v) is 3.40. The fourth-order valence-electron chi connectivity index (χ4n) is 3.40. The summed E-state index contributed by atoms with van der Waals surface area (Å²) in [5.74, 6) is 2.01. The Kier molecular flexibility index (Phi) is 7.70. The molecule has 8 heteroatoms. The number of carbonyl (C=O) groups is 1. The predicted octanol–water partition coefficient (Wildman–Crippen LogP) is 2.54. The molecule has 8 nitrogen and oxygen atoms in total. The minimum Gasteiger partial charge on any atom is -0.497 e. The molecule has 1 unspecified atom stereocenters. The SMILES string of the molecule is CCC(C)NC(=O)c1coc(CN2CCN(Cc3cc(OC)cc(OC)c3)CC2)n1. The summed E-state index contributed by atoms with van der Waals surface area (Å²) < 4.78 is 16.2. The smallest absolute Gasteiger partial charge is 0.273 e. The van der Waals surface area contributed by atoms with E-state index in [-0.39, 0.29) is 11.9 Å². The van der Waals surface area contributed by atoms with Gasteiger partial charge in [0, 0.05) is 44.8 Å². The number of piperazine rings is 1. The Morgan fingerprint density at radius 3 is 2.27 bits per heavy atom. The number of rotatable bonds is 9. The van der Waals surface area contributed by atoms with Crippen LogP contribution in [0.3, 0.4) is 0 Å². The lowest BCUT2D eigenvalue weighted by atomic mass is 10.1. The number of oxazole rings is 1. The first-order valence-electron chi connectivity index (χ1n) is 10.4. The van der Waals surface area contributed by atoms with Gasteiger partial charge in [-0.25, -0.2) is 4.98 Å². The largest absolute Gasteiger partial charge is 0.497 e. The first kappa shape index (κ1) is 22.1. The van der Waals surface area contributed by atoms with E-state index in [0.29, 0.717) is 18.1 Å². The minimum atomic E-state index is -0.183. The van der Waals surface area contributed by atoms with Gasteiger partial charge in [0.15, 0.2) is 5.69 Å². The van der Waals surface area contributed by atoms with Crippen molar-refractivity contribution >= 4 is 5.91 Å². The molecule has 2 heterocycles. The van der Waals surface area contributed by atoms with Gasteiger partial charge in [-0.1, -0.05) is 6.92 Å². The Labute approximate surface area is 178 Å². The van der Waals surface area contributed by atoms with Crippen LogP contribution in [0.4, 0.5) is 0 Å². The number of ether oxygens (including phenoxy) is 2. The Morgan fingerprint density at radius 1 is 1.10 bits per heavy atom. The normalized spacial score (nSPS) is 16.3. The molecule has 1 fully saturated rings. The number of nitrogens with one attached hydrogen (secondary N) is 1. The van der Waals surface area contributed by atoms with Gasteiger partial charge in [0.05, 0.1) is 20.8 Å². The van der Waals surface area contributed by atoms with Crippen molar-refractivity contribution in [1.29, 1.82) is 0 Å². The maximum Gasteiger partial charge on any atom is 0.273 e. The number of carbonyl (C=O) groups excluding carboxylic acids is 1. The third-order valence-electron chi connectivity index (χ3n) is 5.42. The third kappa shape index (κ3) is 5.96. The van der Waals surface area contributed by atoms with E-state index >= 15 is 0 Å². The molecule has 1 aromatic carbocycles. The van der Waals surface area contributed by atoms with Gasteiger partial charge in [0.25, 0.3) is 5.91 Å². The molecule has 1 N–H and O–H groups in total. The van der Waals surface area contributed by atoms with Crippen molar-refractivity contribution in [2.45, 2.75) is 39.4 Å². The molecule has 1 aliphatic heterocycles. The number of hydrogen-bond acceptors (Lipinski definition) is 7. The van der Waals surface area contributed by atoms with Crippen LogP contribution >= 0.6 is 0 Å². The maximum atomic E-state index is 12.2.